The maximum absolute atomic E-state index is 12.9. The number of halogens is 4. The van der Waals surface area contributed by atoms with Crippen LogP contribution in [0.3, 0.4) is 0 Å². The zero-order valence-electron chi connectivity index (χ0n) is 19.9. The Balaban J connectivity index is 0.000000830. The lowest BCUT2D eigenvalue weighted by molar-refractivity contribution is -0.137. The number of nitriles is 1. The highest BCUT2D eigenvalue weighted by Gasteiger charge is 2.32. The summed E-state index contributed by atoms with van der Waals surface area (Å²) in [5.41, 5.74) is -0.603. The molecule has 0 spiro atoms. The minimum atomic E-state index is -4.57. The van der Waals surface area contributed by atoms with Crippen LogP contribution in [0.5, 0.6) is 0 Å². The summed E-state index contributed by atoms with van der Waals surface area (Å²) in [6, 6.07) is 6.82. The molecule has 1 aromatic heterocycles. The van der Waals surface area contributed by atoms with Gasteiger partial charge in [-0.1, -0.05) is 31.8 Å². The average molecular weight is 539 g/mol. The van der Waals surface area contributed by atoms with Crippen molar-refractivity contribution in [2.75, 3.05) is 5.32 Å². The van der Waals surface area contributed by atoms with Crippen LogP contribution >= 0.6 is 11.1 Å². The molecule has 36 heavy (non-hydrogen) atoms. The molecule has 0 bridgehead atoms. The van der Waals surface area contributed by atoms with Crippen LogP contribution < -0.4 is 10.6 Å². The number of aliphatic hydroxyl groups is 1. The zero-order chi connectivity index (χ0) is 27.1. The minimum absolute atomic E-state index is 0.0167. The SMILES string of the molecule is C[Si](C)(C)Cl.N#Cc1ccc(C(NC(=O)Nc2cccc(C(F)(F)F)c2)C2=C(O)CCCC2=O)cn1. The van der Waals surface area contributed by atoms with Crippen LogP contribution in [0.25, 0.3) is 0 Å². The van der Waals surface area contributed by atoms with Crippen molar-refractivity contribution in [2.45, 2.75) is 51.1 Å². The third kappa shape index (κ3) is 9.01. The summed E-state index contributed by atoms with van der Waals surface area (Å²) < 4.78 is 38.7. The maximum Gasteiger partial charge on any atom is 0.416 e. The molecule has 1 aliphatic rings. The highest BCUT2D eigenvalue weighted by molar-refractivity contribution is 7.18. The van der Waals surface area contributed by atoms with Crippen molar-refractivity contribution in [2.24, 2.45) is 0 Å². The molecule has 0 aliphatic heterocycles. The summed E-state index contributed by atoms with van der Waals surface area (Å²) in [5.74, 6) is -0.539. The molecular weight excluding hydrogens is 513 g/mol. The van der Waals surface area contributed by atoms with Gasteiger partial charge in [-0.3, -0.25) is 4.79 Å². The van der Waals surface area contributed by atoms with Gasteiger partial charge in [-0.05, 0) is 36.2 Å². The normalized spacial score (nSPS) is 14.8. The minimum Gasteiger partial charge on any atom is -0.512 e. The van der Waals surface area contributed by atoms with Crippen LogP contribution in [0, 0.1) is 11.3 Å². The quantitative estimate of drug-likeness (QED) is 0.305. The fourth-order valence-corrected chi connectivity index (χ4v) is 3.21. The Hall–Kier alpha value is -3.36. The van der Waals surface area contributed by atoms with Gasteiger partial charge in [0, 0.05) is 24.7 Å². The number of pyridine rings is 1. The number of alkyl halides is 3. The number of hydrogen-bond acceptors (Lipinski definition) is 5. The number of benzene rings is 1. The second-order valence-electron chi connectivity index (χ2n) is 8.90. The van der Waals surface area contributed by atoms with Gasteiger partial charge in [-0.15, -0.1) is 0 Å². The molecule has 3 N–H and O–H groups in total. The first kappa shape index (κ1) is 28.9. The largest absolute Gasteiger partial charge is 0.512 e. The number of anilines is 1. The molecule has 0 saturated heterocycles. The second kappa shape index (κ2) is 12.1. The van der Waals surface area contributed by atoms with Gasteiger partial charge in [-0.25, -0.2) is 9.78 Å². The van der Waals surface area contributed by atoms with Crippen LogP contribution in [-0.2, 0) is 11.0 Å². The molecule has 0 fully saturated rings. The topological polar surface area (TPSA) is 115 Å². The smallest absolute Gasteiger partial charge is 0.416 e. The number of aromatic nitrogens is 1. The number of Topliss-reactive ketones (excluding diaryl/α,β-unsaturated/α-hetero) is 1. The number of rotatable bonds is 4. The van der Waals surface area contributed by atoms with Crippen LogP contribution in [-0.4, -0.2) is 29.3 Å². The molecular formula is C24H26ClF3N4O3Si. The van der Waals surface area contributed by atoms with E-state index in [4.69, 9.17) is 16.3 Å². The number of urea groups is 1. The standard InChI is InChI=1S/C21H17F3N4O3.C3H9ClSi/c22-21(23,24)13-3-1-4-14(9-13)27-20(31)28-19(12-7-8-15(10-25)26-11-12)18-16(29)5-2-6-17(18)30;1-5(2,3)4/h1,3-4,7-9,11,19,29H,2,5-6H2,(H2,27,28,31);1-3H3. The molecule has 1 aliphatic carbocycles. The van der Waals surface area contributed by atoms with Gasteiger partial charge < -0.3 is 15.7 Å². The van der Waals surface area contributed by atoms with E-state index in [1.807, 2.05) is 6.07 Å². The second-order valence-corrected chi connectivity index (χ2v) is 16.4. The van der Waals surface area contributed by atoms with Crippen molar-refractivity contribution < 1.29 is 27.9 Å². The first-order chi connectivity index (χ1) is 16.7. The number of allylic oxidation sites excluding steroid dienone is 1. The van der Waals surface area contributed by atoms with Crippen molar-refractivity contribution in [3.63, 3.8) is 0 Å². The Morgan fingerprint density at radius 2 is 1.89 bits per heavy atom. The van der Waals surface area contributed by atoms with E-state index in [0.717, 1.165) is 18.2 Å². The molecule has 1 unspecified atom stereocenters. The van der Waals surface area contributed by atoms with Gasteiger partial charge in [0.05, 0.1) is 17.2 Å². The molecule has 3 rings (SSSR count). The van der Waals surface area contributed by atoms with Gasteiger partial charge >= 0.3 is 12.2 Å². The Morgan fingerprint density at radius 3 is 2.42 bits per heavy atom. The zero-order valence-corrected chi connectivity index (χ0v) is 21.7. The third-order valence-corrected chi connectivity index (χ3v) is 4.67. The lowest BCUT2D eigenvalue weighted by atomic mass is 9.88. The molecule has 1 heterocycles. The van der Waals surface area contributed by atoms with E-state index >= 15 is 0 Å². The van der Waals surface area contributed by atoms with E-state index in [-0.39, 0.29) is 41.3 Å². The number of ketones is 1. The number of nitrogens with zero attached hydrogens (tertiary/aromatic N) is 2. The number of amides is 2. The number of aliphatic hydroxyl groups excluding tert-OH is 1. The maximum atomic E-state index is 12.9. The Bertz CT molecular complexity index is 1170. The lowest BCUT2D eigenvalue weighted by Crippen LogP contribution is -2.36. The molecule has 0 radical (unpaired) electrons. The number of carbonyl (C=O) groups is 2. The molecule has 2 aromatic rings. The van der Waals surface area contributed by atoms with Crippen LogP contribution in [0.1, 0.15) is 42.1 Å². The van der Waals surface area contributed by atoms with E-state index < -0.39 is 31.2 Å². The van der Waals surface area contributed by atoms with Crippen LogP contribution in [0.2, 0.25) is 19.6 Å². The third-order valence-electron chi connectivity index (χ3n) is 4.67. The van der Waals surface area contributed by atoms with Gasteiger partial charge in [0.1, 0.15) is 24.9 Å². The summed E-state index contributed by atoms with van der Waals surface area (Å²) in [7, 11) is -1.14. The van der Waals surface area contributed by atoms with E-state index in [2.05, 4.69) is 35.3 Å². The number of nitrogens with one attached hydrogen (secondary N) is 2. The van der Waals surface area contributed by atoms with E-state index in [1.165, 1.54) is 24.4 Å². The van der Waals surface area contributed by atoms with Crippen LogP contribution in [0.4, 0.5) is 23.7 Å². The van der Waals surface area contributed by atoms with Gasteiger partial charge in [0.2, 0.25) is 0 Å². The number of carbonyl (C=O) groups excluding carboxylic acids is 2. The van der Waals surface area contributed by atoms with Crippen molar-refractivity contribution in [3.05, 3.63) is 70.7 Å². The first-order valence-electron chi connectivity index (χ1n) is 10.9. The fourth-order valence-electron chi connectivity index (χ4n) is 3.21. The highest BCUT2D eigenvalue weighted by atomic mass is 35.6. The molecule has 1 aromatic carbocycles. The van der Waals surface area contributed by atoms with E-state index in [0.29, 0.717) is 12.0 Å². The first-order valence-corrected chi connectivity index (χ1v) is 15.4. The summed E-state index contributed by atoms with van der Waals surface area (Å²) in [6.45, 7) is 6.28. The predicted molar refractivity (Wildman–Crippen MR) is 133 cm³/mol. The van der Waals surface area contributed by atoms with Gasteiger partial charge in [-0.2, -0.15) is 29.5 Å². The summed E-state index contributed by atoms with van der Waals surface area (Å²) >= 11 is 5.67. The van der Waals surface area contributed by atoms with Crippen molar-refractivity contribution >= 4 is 36.0 Å². The Morgan fingerprint density at radius 1 is 1.22 bits per heavy atom. The molecule has 0 saturated carbocycles. The molecule has 1 atom stereocenters. The highest BCUT2D eigenvalue weighted by Crippen LogP contribution is 2.32. The fraction of sp³-hybridized carbons (Fsp3) is 0.333. The molecule has 2 amide bonds. The molecule has 7 nitrogen and oxygen atoms in total. The van der Waals surface area contributed by atoms with Crippen molar-refractivity contribution in [3.8, 4) is 6.07 Å². The van der Waals surface area contributed by atoms with E-state index in [1.54, 1.807) is 0 Å². The monoisotopic (exact) mass is 538 g/mol. The van der Waals surface area contributed by atoms with Crippen LogP contribution in [0.15, 0.2) is 53.9 Å². The van der Waals surface area contributed by atoms with Gasteiger partial charge in [0.25, 0.3) is 0 Å². The van der Waals surface area contributed by atoms with Gasteiger partial charge in [0.15, 0.2) is 5.78 Å². The molecule has 12 heteroatoms. The Kier molecular flexibility index (Phi) is 9.67. The molecule has 192 valence electrons. The summed E-state index contributed by atoms with van der Waals surface area (Å²) in [4.78, 5) is 28.9. The van der Waals surface area contributed by atoms with Crippen molar-refractivity contribution in [1.82, 2.24) is 10.3 Å². The summed E-state index contributed by atoms with van der Waals surface area (Å²) in [6.07, 6.45) is -2.40. The average Bonchev–Trinajstić information content (AvgIpc) is 2.77. The lowest BCUT2D eigenvalue weighted by Gasteiger charge is -2.25. The van der Waals surface area contributed by atoms with E-state index in [9.17, 15) is 27.9 Å². The number of hydrogen-bond donors (Lipinski definition) is 3. The summed E-state index contributed by atoms with van der Waals surface area (Å²) in [5, 5.41) is 24.0. The van der Waals surface area contributed by atoms with Crippen molar-refractivity contribution in [1.29, 1.82) is 5.26 Å². The Labute approximate surface area is 212 Å². The predicted octanol–water partition coefficient (Wildman–Crippen LogP) is 6.46.